The summed E-state index contributed by atoms with van der Waals surface area (Å²) in [5.74, 6) is 0.955. The van der Waals surface area contributed by atoms with Crippen LogP contribution in [0.3, 0.4) is 0 Å². The molecule has 0 heterocycles. The van der Waals surface area contributed by atoms with Gasteiger partial charge in [0.15, 0.2) is 0 Å². The van der Waals surface area contributed by atoms with E-state index in [0.29, 0.717) is 22.6 Å². The highest BCUT2D eigenvalue weighted by atomic mass is 16.5. The maximum absolute atomic E-state index is 12.7. The number of rotatable bonds is 6. The Morgan fingerprint density at radius 3 is 1.61 bits per heavy atom. The molecule has 2 unspecified atom stereocenters. The maximum atomic E-state index is 12.7. The van der Waals surface area contributed by atoms with Crippen LogP contribution >= 0.6 is 0 Å². The van der Waals surface area contributed by atoms with Crippen LogP contribution in [-0.2, 0) is 0 Å². The van der Waals surface area contributed by atoms with Crippen LogP contribution in [0.25, 0.3) is 0 Å². The lowest BCUT2D eigenvalue weighted by Gasteiger charge is -2.33. The molecule has 1 aliphatic rings. The molecule has 6 heteroatoms. The number of methoxy groups -OCH3 is 2. The molecule has 1 aliphatic carbocycles. The summed E-state index contributed by atoms with van der Waals surface area (Å²) in [5.41, 5.74) is 1.09. The van der Waals surface area contributed by atoms with Gasteiger partial charge in [0.2, 0.25) is 0 Å². The highest BCUT2D eigenvalue weighted by molar-refractivity contribution is 5.96. The van der Waals surface area contributed by atoms with Gasteiger partial charge in [0, 0.05) is 23.2 Å². The van der Waals surface area contributed by atoms with Gasteiger partial charge in [-0.1, -0.05) is 25.0 Å². The highest BCUT2D eigenvalue weighted by Gasteiger charge is 2.28. The minimum atomic E-state index is -0.161. The Bertz CT molecular complexity index is 767. The standard InChI is InChI=1S/C22H26N2O4/c1-27-17-9-5-7-15(13-17)21(25)23-19-11-3-4-12-20(19)24-22(26)16-8-6-10-18(14-16)28-2/h5-10,13-14,19-20H,3-4,11-12H2,1-2H3,(H,23,25)(H,24,26). The van der Waals surface area contributed by atoms with Crippen LogP contribution in [0.5, 0.6) is 11.5 Å². The van der Waals surface area contributed by atoms with Crippen molar-refractivity contribution >= 4 is 11.8 Å². The van der Waals surface area contributed by atoms with E-state index in [4.69, 9.17) is 9.47 Å². The molecule has 0 radical (unpaired) electrons. The van der Waals surface area contributed by atoms with Gasteiger partial charge in [-0.25, -0.2) is 0 Å². The molecule has 2 aromatic rings. The van der Waals surface area contributed by atoms with Crippen LogP contribution in [0.4, 0.5) is 0 Å². The first-order valence-corrected chi connectivity index (χ1v) is 9.50. The summed E-state index contributed by atoms with van der Waals surface area (Å²) in [6.45, 7) is 0. The number of carbonyl (C=O) groups is 2. The molecule has 2 amide bonds. The van der Waals surface area contributed by atoms with Gasteiger partial charge in [-0.05, 0) is 49.2 Å². The van der Waals surface area contributed by atoms with Crippen molar-refractivity contribution in [2.24, 2.45) is 0 Å². The minimum Gasteiger partial charge on any atom is -0.497 e. The van der Waals surface area contributed by atoms with Crippen molar-refractivity contribution in [1.82, 2.24) is 10.6 Å². The third-order valence-corrected chi connectivity index (χ3v) is 5.06. The second-order valence-electron chi connectivity index (χ2n) is 6.91. The number of hydrogen-bond donors (Lipinski definition) is 2. The van der Waals surface area contributed by atoms with Gasteiger partial charge < -0.3 is 20.1 Å². The Balaban J connectivity index is 1.67. The van der Waals surface area contributed by atoms with Crippen molar-refractivity contribution in [3.8, 4) is 11.5 Å². The van der Waals surface area contributed by atoms with E-state index in [1.807, 2.05) is 0 Å². The normalized spacial score (nSPS) is 18.8. The van der Waals surface area contributed by atoms with E-state index in [1.165, 1.54) is 0 Å². The van der Waals surface area contributed by atoms with Crippen molar-refractivity contribution in [3.63, 3.8) is 0 Å². The van der Waals surface area contributed by atoms with Gasteiger partial charge in [0.05, 0.1) is 14.2 Å². The van der Waals surface area contributed by atoms with Crippen molar-refractivity contribution in [1.29, 1.82) is 0 Å². The quantitative estimate of drug-likeness (QED) is 0.805. The van der Waals surface area contributed by atoms with Crippen molar-refractivity contribution in [3.05, 3.63) is 59.7 Å². The lowest BCUT2D eigenvalue weighted by atomic mass is 9.89. The largest absolute Gasteiger partial charge is 0.497 e. The zero-order valence-corrected chi connectivity index (χ0v) is 16.2. The monoisotopic (exact) mass is 382 g/mol. The van der Waals surface area contributed by atoms with Crippen molar-refractivity contribution in [2.75, 3.05) is 14.2 Å². The van der Waals surface area contributed by atoms with Crippen molar-refractivity contribution < 1.29 is 19.1 Å². The van der Waals surface area contributed by atoms with Crippen LogP contribution in [0.15, 0.2) is 48.5 Å². The zero-order valence-electron chi connectivity index (χ0n) is 16.2. The first-order valence-electron chi connectivity index (χ1n) is 9.50. The summed E-state index contributed by atoms with van der Waals surface area (Å²) in [6.07, 6.45) is 3.71. The van der Waals surface area contributed by atoms with Gasteiger partial charge in [-0.3, -0.25) is 9.59 Å². The number of benzene rings is 2. The molecule has 0 bridgehead atoms. The lowest BCUT2D eigenvalue weighted by Crippen LogP contribution is -2.53. The Morgan fingerprint density at radius 2 is 1.21 bits per heavy atom. The van der Waals surface area contributed by atoms with E-state index in [2.05, 4.69) is 10.6 Å². The number of nitrogens with one attached hydrogen (secondary N) is 2. The fourth-order valence-electron chi connectivity index (χ4n) is 3.51. The second kappa shape index (κ2) is 9.26. The lowest BCUT2D eigenvalue weighted by molar-refractivity contribution is 0.0862. The Labute approximate surface area is 165 Å². The SMILES string of the molecule is COc1cccc(C(=O)NC2CCCCC2NC(=O)c2cccc(OC)c2)c1. The summed E-state index contributed by atoms with van der Waals surface area (Å²) < 4.78 is 10.4. The Hall–Kier alpha value is -3.02. The van der Waals surface area contributed by atoms with Gasteiger partial charge in [-0.2, -0.15) is 0 Å². The number of ether oxygens (including phenoxy) is 2. The van der Waals surface area contributed by atoms with Crippen LogP contribution < -0.4 is 20.1 Å². The van der Waals surface area contributed by atoms with E-state index in [1.54, 1.807) is 62.8 Å². The molecule has 6 nitrogen and oxygen atoms in total. The molecule has 0 aliphatic heterocycles. The Kier molecular flexibility index (Phi) is 6.53. The molecule has 2 atom stereocenters. The molecule has 148 valence electrons. The van der Waals surface area contributed by atoms with Gasteiger partial charge >= 0.3 is 0 Å². The average molecular weight is 382 g/mol. The van der Waals surface area contributed by atoms with Gasteiger partial charge in [-0.15, -0.1) is 0 Å². The topological polar surface area (TPSA) is 76.7 Å². The molecule has 3 rings (SSSR count). The van der Waals surface area contributed by atoms with Crippen LogP contribution in [0.2, 0.25) is 0 Å². The predicted molar refractivity (Wildman–Crippen MR) is 107 cm³/mol. The van der Waals surface area contributed by atoms with Crippen LogP contribution in [-0.4, -0.2) is 38.1 Å². The summed E-state index contributed by atoms with van der Waals surface area (Å²) in [4.78, 5) is 25.3. The molecule has 2 N–H and O–H groups in total. The molecule has 0 aromatic heterocycles. The van der Waals surface area contributed by atoms with E-state index in [0.717, 1.165) is 25.7 Å². The highest BCUT2D eigenvalue weighted by Crippen LogP contribution is 2.21. The van der Waals surface area contributed by atoms with Crippen LogP contribution in [0, 0.1) is 0 Å². The first-order chi connectivity index (χ1) is 13.6. The molecule has 0 spiro atoms. The number of hydrogen-bond acceptors (Lipinski definition) is 4. The summed E-state index contributed by atoms with van der Waals surface area (Å²) in [5, 5.41) is 6.16. The molecule has 1 saturated carbocycles. The summed E-state index contributed by atoms with van der Waals surface area (Å²) >= 11 is 0. The molecule has 28 heavy (non-hydrogen) atoms. The average Bonchev–Trinajstić information content (AvgIpc) is 2.75. The van der Waals surface area contributed by atoms with E-state index in [-0.39, 0.29) is 23.9 Å². The number of amides is 2. The zero-order chi connectivity index (χ0) is 19.9. The molecule has 2 aromatic carbocycles. The fraction of sp³-hybridized carbons (Fsp3) is 0.364. The second-order valence-corrected chi connectivity index (χ2v) is 6.91. The molecular weight excluding hydrogens is 356 g/mol. The third-order valence-electron chi connectivity index (χ3n) is 5.06. The van der Waals surface area contributed by atoms with Gasteiger partial charge in [0.25, 0.3) is 11.8 Å². The Morgan fingerprint density at radius 1 is 0.786 bits per heavy atom. The molecule has 0 saturated heterocycles. The third kappa shape index (κ3) is 4.82. The number of carbonyl (C=O) groups excluding carboxylic acids is 2. The summed E-state index contributed by atoms with van der Waals surface area (Å²) in [7, 11) is 3.14. The van der Waals surface area contributed by atoms with E-state index < -0.39 is 0 Å². The minimum absolute atomic E-state index is 0.109. The molecule has 1 fully saturated rings. The summed E-state index contributed by atoms with van der Waals surface area (Å²) in [6, 6.07) is 13.9. The van der Waals surface area contributed by atoms with E-state index in [9.17, 15) is 9.59 Å². The van der Waals surface area contributed by atoms with Crippen molar-refractivity contribution in [2.45, 2.75) is 37.8 Å². The van der Waals surface area contributed by atoms with E-state index >= 15 is 0 Å². The van der Waals surface area contributed by atoms with Crippen LogP contribution in [0.1, 0.15) is 46.4 Å². The first kappa shape index (κ1) is 19.7. The molecular formula is C22H26N2O4. The fourth-order valence-corrected chi connectivity index (χ4v) is 3.51. The van der Waals surface area contributed by atoms with Gasteiger partial charge in [0.1, 0.15) is 11.5 Å². The predicted octanol–water partition coefficient (Wildman–Crippen LogP) is 3.17. The smallest absolute Gasteiger partial charge is 0.251 e. The maximum Gasteiger partial charge on any atom is 0.251 e.